The third-order valence-corrected chi connectivity index (χ3v) is 6.56. The number of carbonyl (C=O) groups is 1. The molecule has 0 saturated carbocycles. The zero-order valence-electron chi connectivity index (χ0n) is 14.9. The molecule has 4 rings (SSSR count). The minimum atomic E-state index is -0.754. The van der Waals surface area contributed by atoms with Crippen LogP contribution in [0.15, 0.2) is 35.4 Å². The van der Waals surface area contributed by atoms with E-state index in [4.69, 9.17) is 16.3 Å². The Bertz CT molecular complexity index is 1070. The number of aryl methyl sites for hydroxylation is 2. The lowest BCUT2D eigenvalue weighted by molar-refractivity contribution is -0.148. The number of esters is 1. The Morgan fingerprint density at radius 2 is 2.11 bits per heavy atom. The molecule has 5 nitrogen and oxygen atoms in total. The number of nitrogens with zero attached hydrogens (tertiary/aromatic N) is 2. The van der Waals surface area contributed by atoms with Gasteiger partial charge >= 0.3 is 5.97 Å². The van der Waals surface area contributed by atoms with Crippen molar-refractivity contribution in [1.82, 2.24) is 9.55 Å². The van der Waals surface area contributed by atoms with Gasteiger partial charge in [-0.2, -0.15) is 0 Å². The number of fused-ring (bicyclic) bond motifs is 3. The molecule has 2 aromatic heterocycles. The largest absolute Gasteiger partial charge is 0.459 e. The fourth-order valence-corrected chi connectivity index (χ4v) is 4.84. The molecule has 27 heavy (non-hydrogen) atoms. The summed E-state index contributed by atoms with van der Waals surface area (Å²) in [4.78, 5) is 32.0. The van der Waals surface area contributed by atoms with Gasteiger partial charge in [0.25, 0.3) is 5.56 Å². The molecule has 1 aliphatic rings. The summed E-state index contributed by atoms with van der Waals surface area (Å²) in [6.45, 7) is 1.73. The summed E-state index contributed by atoms with van der Waals surface area (Å²) in [6.07, 6.45) is 5.60. The van der Waals surface area contributed by atoms with Gasteiger partial charge in [0.05, 0.1) is 11.7 Å². The molecule has 0 unspecified atom stereocenters. The van der Waals surface area contributed by atoms with Crippen LogP contribution in [0.3, 0.4) is 0 Å². The van der Waals surface area contributed by atoms with Crippen LogP contribution in [0.2, 0.25) is 5.02 Å². The van der Waals surface area contributed by atoms with Crippen molar-refractivity contribution < 1.29 is 9.53 Å². The van der Waals surface area contributed by atoms with Gasteiger partial charge in [0.15, 0.2) is 0 Å². The Morgan fingerprint density at radius 3 is 2.93 bits per heavy atom. The highest BCUT2D eigenvalue weighted by Gasteiger charge is 2.24. The standard InChI is InChI=1S/C20H19ClN2O3S/c1-12(20(25)26-10-13-6-2-4-8-15(13)21)23-11-22-18-17(19(23)24)14-7-3-5-9-16(14)27-18/h2,4,6,8,11-12H,3,5,7,9-10H2,1H3/t12-/m1/s1. The number of ether oxygens (including phenoxy) is 1. The quantitative estimate of drug-likeness (QED) is 0.610. The summed E-state index contributed by atoms with van der Waals surface area (Å²) in [5.41, 5.74) is 1.68. The molecular weight excluding hydrogens is 384 g/mol. The number of hydrogen-bond acceptors (Lipinski definition) is 5. The van der Waals surface area contributed by atoms with Gasteiger partial charge in [0, 0.05) is 15.5 Å². The average molecular weight is 403 g/mol. The van der Waals surface area contributed by atoms with Crippen molar-refractivity contribution in [3.8, 4) is 0 Å². The Balaban J connectivity index is 1.59. The van der Waals surface area contributed by atoms with E-state index in [1.807, 2.05) is 12.1 Å². The normalized spacial score (nSPS) is 14.7. The van der Waals surface area contributed by atoms with E-state index in [9.17, 15) is 9.59 Å². The van der Waals surface area contributed by atoms with Gasteiger partial charge < -0.3 is 4.74 Å². The Morgan fingerprint density at radius 1 is 1.33 bits per heavy atom. The molecule has 0 amide bonds. The van der Waals surface area contributed by atoms with Gasteiger partial charge in [-0.15, -0.1) is 11.3 Å². The van der Waals surface area contributed by atoms with Crippen molar-refractivity contribution >= 4 is 39.1 Å². The molecule has 0 spiro atoms. The molecule has 0 aliphatic heterocycles. The van der Waals surface area contributed by atoms with Gasteiger partial charge in [-0.25, -0.2) is 9.78 Å². The monoisotopic (exact) mass is 402 g/mol. The minimum absolute atomic E-state index is 0.0706. The van der Waals surface area contributed by atoms with Gasteiger partial charge in [-0.05, 0) is 44.2 Å². The van der Waals surface area contributed by atoms with Crippen molar-refractivity contribution in [2.75, 3.05) is 0 Å². The minimum Gasteiger partial charge on any atom is -0.459 e. The first-order valence-electron chi connectivity index (χ1n) is 8.97. The summed E-state index contributed by atoms with van der Waals surface area (Å²) >= 11 is 7.69. The summed E-state index contributed by atoms with van der Waals surface area (Å²) < 4.78 is 6.75. The maximum Gasteiger partial charge on any atom is 0.329 e. The number of rotatable bonds is 4. The number of aromatic nitrogens is 2. The van der Waals surface area contributed by atoms with E-state index in [-0.39, 0.29) is 12.2 Å². The first-order valence-corrected chi connectivity index (χ1v) is 10.2. The van der Waals surface area contributed by atoms with Crippen LogP contribution >= 0.6 is 22.9 Å². The third kappa shape index (κ3) is 3.39. The first kappa shape index (κ1) is 18.2. The molecule has 0 radical (unpaired) electrons. The molecule has 0 saturated heterocycles. The van der Waals surface area contributed by atoms with Gasteiger partial charge in [-0.3, -0.25) is 9.36 Å². The number of hydrogen-bond donors (Lipinski definition) is 0. The van der Waals surface area contributed by atoms with Crippen LogP contribution in [0.5, 0.6) is 0 Å². The van der Waals surface area contributed by atoms with Crippen LogP contribution in [0, 0.1) is 0 Å². The first-order chi connectivity index (χ1) is 13.1. The molecule has 1 aromatic carbocycles. The van der Waals surface area contributed by atoms with Gasteiger partial charge in [0.2, 0.25) is 0 Å². The van der Waals surface area contributed by atoms with Gasteiger partial charge in [-0.1, -0.05) is 29.8 Å². The average Bonchev–Trinajstić information content (AvgIpc) is 3.06. The lowest BCUT2D eigenvalue weighted by atomic mass is 9.97. The zero-order valence-corrected chi connectivity index (χ0v) is 16.5. The highest BCUT2D eigenvalue weighted by Crippen LogP contribution is 2.33. The van der Waals surface area contributed by atoms with Crippen LogP contribution in [-0.2, 0) is 29.0 Å². The van der Waals surface area contributed by atoms with E-state index in [0.29, 0.717) is 10.4 Å². The van der Waals surface area contributed by atoms with Crippen LogP contribution < -0.4 is 5.56 Å². The van der Waals surface area contributed by atoms with Gasteiger partial charge in [0.1, 0.15) is 17.5 Å². The lowest BCUT2D eigenvalue weighted by Gasteiger charge is -2.15. The number of thiophene rings is 1. The number of halogens is 1. The van der Waals surface area contributed by atoms with E-state index >= 15 is 0 Å². The van der Waals surface area contributed by atoms with Crippen LogP contribution in [0.4, 0.5) is 0 Å². The third-order valence-electron chi connectivity index (χ3n) is 4.99. The molecule has 2 heterocycles. The topological polar surface area (TPSA) is 61.2 Å². The van der Waals surface area contributed by atoms with E-state index in [2.05, 4.69) is 4.98 Å². The molecule has 3 aromatic rings. The fourth-order valence-electron chi connectivity index (χ4n) is 3.43. The molecule has 140 valence electrons. The Labute approximate surface area is 165 Å². The summed E-state index contributed by atoms with van der Waals surface area (Å²) in [5.74, 6) is -0.484. The summed E-state index contributed by atoms with van der Waals surface area (Å²) in [5, 5.41) is 1.21. The molecule has 0 bridgehead atoms. The van der Waals surface area contributed by atoms with Crippen molar-refractivity contribution in [1.29, 1.82) is 0 Å². The van der Waals surface area contributed by atoms with E-state index in [1.165, 1.54) is 15.8 Å². The van der Waals surface area contributed by atoms with Crippen LogP contribution in [-0.4, -0.2) is 15.5 Å². The second-order valence-corrected chi connectivity index (χ2v) is 8.21. The molecular formula is C20H19ClN2O3S. The Kier molecular flexibility index (Phi) is 5.02. The summed E-state index contributed by atoms with van der Waals surface area (Å²) in [6, 6.07) is 6.45. The van der Waals surface area contributed by atoms with Crippen molar-refractivity contribution in [2.45, 2.75) is 45.3 Å². The number of carbonyl (C=O) groups excluding carboxylic acids is 1. The zero-order chi connectivity index (χ0) is 19.0. The van der Waals surface area contributed by atoms with Crippen LogP contribution in [0.25, 0.3) is 10.2 Å². The molecule has 1 aliphatic carbocycles. The second kappa shape index (κ2) is 7.44. The molecule has 7 heteroatoms. The van der Waals surface area contributed by atoms with Crippen molar-refractivity contribution in [3.63, 3.8) is 0 Å². The maximum atomic E-state index is 13.0. The smallest absolute Gasteiger partial charge is 0.329 e. The Hall–Kier alpha value is -2.18. The predicted molar refractivity (Wildman–Crippen MR) is 106 cm³/mol. The maximum absolute atomic E-state index is 13.0. The SMILES string of the molecule is C[C@H](C(=O)OCc1ccccc1Cl)n1cnc2sc3c(c2c1=O)CCCC3. The van der Waals surface area contributed by atoms with E-state index < -0.39 is 12.0 Å². The van der Waals surface area contributed by atoms with Crippen molar-refractivity contribution in [3.05, 3.63) is 62.0 Å². The van der Waals surface area contributed by atoms with E-state index in [1.54, 1.807) is 30.4 Å². The predicted octanol–water partition coefficient (Wildman–Crippen LogP) is 4.29. The second-order valence-electron chi connectivity index (χ2n) is 6.72. The lowest BCUT2D eigenvalue weighted by Crippen LogP contribution is -2.29. The highest BCUT2D eigenvalue weighted by molar-refractivity contribution is 7.18. The van der Waals surface area contributed by atoms with Crippen LogP contribution in [0.1, 0.15) is 41.8 Å². The van der Waals surface area contributed by atoms with E-state index in [0.717, 1.165) is 41.6 Å². The van der Waals surface area contributed by atoms with Crippen molar-refractivity contribution in [2.24, 2.45) is 0 Å². The fraction of sp³-hybridized carbons (Fsp3) is 0.350. The summed E-state index contributed by atoms with van der Waals surface area (Å²) in [7, 11) is 0. The number of benzene rings is 1. The molecule has 0 fully saturated rings. The molecule has 0 N–H and O–H groups in total. The highest BCUT2D eigenvalue weighted by atomic mass is 35.5. The molecule has 1 atom stereocenters.